The highest BCUT2D eigenvalue weighted by Crippen LogP contribution is 2.38. The highest BCUT2D eigenvalue weighted by Gasteiger charge is 2.33. The van der Waals surface area contributed by atoms with Crippen LogP contribution >= 0.6 is 11.3 Å². The molecule has 2 aromatic rings. The minimum Gasteiger partial charge on any atom is -0.372 e. The fourth-order valence-electron chi connectivity index (χ4n) is 1.26. The standard InChI is InChI=1S/C8H6F3N3OS/c1-12-6-5-3(13-7(15)14-6)2-4(16-5)8(9,10)11/h2H,1H3,(H2,12,13,14,15). The fraction of sp³-hybridized carbons (Fsp3) is 0.250. The Morgan fingerprint density at radius 2 is 2.19 bits per heavy atom. The second-order valence-electron chi connectivity index (χ2n) is 2.99. The molecule has 0 amide bonds. The highest BCUT2D eigenvalue weighted by atomic mass is 32.1. The number of thiophene rings is 1. The fourth-order valence-corrected chi connectivity index (χ4v) is 2.24. The second kappa shape index (κ2) is 3.48. The van der Waals surface area contributed by atoms with Gasteiger partial charge in [0.2, 0.25) is 0 Å². The maximum atomic E-state index is 12.4. The SMILES string of the molecule is CNc1nc(=O)[nH]c2cc(C(F)(F)F)sc12. The van der Waals surface area contributed by atoms with E-state index in [4.69, 9.17) is 0 Å². The average Bonchev–Trinajstić information content (AvgIpc) is 2.59. The lowest BCUT2D eigenvalue weighted by atomic mass is 10.4. The largest absolute Gasteiger partial charge is 0.425 e. The number of rotatable bonds is 1. The van der Waals surface area contributed by atoms with E-state index >= 15 is 0 Å². The molecule has 8 heteroatoms. The first-order valence-corrected chi connectivity index (χ1v) is 5.02. The molecule has 0 atom stereocenters. The van der Waals surface area contributed by atoms with Crippen LogP contribution in [0.15, 0.2) is 10.9 Å². The zero-order valence-electron chi connectivity index (χ0n) is 7.97. The molecule has 2 heterocycles. The van der Waals surface area contributed by atoms with E-state index in [0.29, 0.717) is 11.3 Å². The number of anilines is 1. The third-order valence-electron chi connectivity index (χ3n) is 1.92. The van der Waals surface area contributed by atoms with Crippen LogP contribution in [0, 0.1) is 0 Å². The number of aromatic amines is 1. The Balaban J connectivity index is 2.75. The molecule has 0 saturated heterocycles. The van der Waals surface area contributed by atoms with Crippen LogP contribution in [0.5, 0.6) is 0 Å². The van der Waals surface area contributed by atoms with Crippen molar-refractivity contribution in [2.75, 3.05) is 12.4 Å². The molecule has 0 aliphatic rings. The first kappa shape index (κ1) is 10.9. The number of aromatic nitrogens is 2. The number of fused-ring (bicyclic) bond motifs is 1. The predicted molar refractivity (Wildman–Crippen MR) is 54.8 cm³/mol. The Hall–Kier alpha value is -1.57. The third-order valence-corrected chi connectivity index (χ3v) is 3.10. The molecule has 0 aliphatic carbocycles. The first-order valence-electron chi connectivity index (χ1n) is 4.20. The highest BCUT2D eigenvalue weighted by molar-refractivity contribution is 7.19. The van der Waals surface area contributed by atoms with E-state index in [-0.39, 0.29) is 16.0 Å². The number of halogens is 3. The van der Waals surface area contributed by atoms with Gasteiger partial charge >= 0.3 is 11.9 Å². The summed E-state index contributed by atoms with van der Waals surface area (Å²) in [6, 6.07) is 0.907. The first-order chi connectivity index (χ1) is 7.41. The molecule has 0 bridgehead atoms. The van der Waals surface area contributed by atoms with Gasteiger partial charge in [0.05, 0.1) is 10.2 Å². The van der Waals surface area contributed by atoms with Crippen LogP contribution in [0.3, 0.4) is 0 Å². The number of alkyl halides is 3. The summed E-state index contributed by atoms with van der Waals surface area (Å²) in [5, 5.41) is 2.59. The molecule has 2 aromatic heterocycles. The Morgan fingerprint density at radius 3 is 2.75 bits per heavy atom. The maximum Gasteiger partial charge on any atom is 0.425 e. The quantitative estimate of drug-likeness (QED) is 0.813. The number of hydrogen-bond acceptors (Lipinski definition) is 4. The van der Waals surface area contributed by atoms with Crippen molar-refractivity contribution in [2.24, 2.45) is 0 Å². The zero-order valence-corrected chi connectivity index (χ0v) is 8.79. The van der Waals surface area contributed by atoms with Gasteiger partial charge in [0.25, 0.3) is 0 Å². The number of nitrogens with one attached hydrogen (secondary N) is 2. The number of hydrogen-bond donors (Lipinski definition) is 2. The van der Waals surface area contributed by atoms with Crippen molar-refractivity contribution in [3.8, 4) is 0 Å². The van der Waals surface area contributed by atoms with Gasteiger partial charge in [-0.25, -0.2) is 4.79 Å². The molecule has 0 spiro atoms. The van der Waals surface area contributed by atoms with Crippen molar-refractivity contribution in [3.05, 3.63) is 21.4 Å². The minimum atomic E-state index is -4.41. The minimum absolute atomic E-state index is 0.140. The number of nitrogens with zero attached hydrogens (tertiary/aromatic N) is 1. The molecule has 0 fully saturated rings. The van der Waals surface area contributed by atoms with Crippen molar-refractivity contribution in [1.82, 2.24) is 9.97 Å². The smallest absolute Gasteiger partial charge is 0.372 e. The van der Waals surface area contributed by atoms with Gasteiger partial charge in [-0.15, -0.1) is 11.3 Å². The summed E-state index contributed by atoms with van der Waals surface area (Å²) in [6.45, 7) is 0. The molecular formula is C8H6F3N3OS. The van der Waals surface area contributed by atoms with Crippen LogP contribution in [-0.2, 0) is 6.18 Å². The van der Waals surface area contributed by atoms with Gasteiger partial charge in [-0.05, 0) is 6.07 Å². The number of H-pyrrole nitrogens is 1. The van der Waals surface area contributed by atoms with E-state index in [9.17, 15) is 18.0 Å². The summed E-state index contributed by atoms with van der Waals surface area (Å²) in [7, 11) is 1.49. The Labute approximate surface area is 91.1 Å². The van der Waals surface area contributed by atoms with Crippen molar-refractivity contribution < 1.29 is 13.2 Å². The van der Waals surface area contributed by atoms with Gasteiger partial charge in [-0.1, -0.05) is 0 Å². The lowest BCUT2D eigenvalue weighted by Gasteiger charge is -2.00. The third kappa shape index (κ3) is 1.75. The van der Waals surface area contributed by atoms with Crippen LogP contribution in [-0.4, -0.2) is 17.0 Å². The molecule has 0 saturated carbocycles. The van der Waals surface area contributed by atoms with Crippen LogP contribution in [0.4, 0.5) is 19.0 Å². The van der Waals surface area contributed by atoms with Crippen LogP contribution in [0.2, 0.25) is 0 Å². The van der Waals surface area contributed by atoms with E-state index in [1.54, 1.807) is 0 Å². The van der Waals surface area contributed by atoms with Gasteiger partial charge in [-0.3, -0.25) is 0 Å². The monoisotopic (exact) mass is 249 g/mol. The van der Waals surface area contributed by atoms with Crippen molar-refractivity contribution in [1.29, 1.82) is 0 Å². The van der Waals surface area contributed by atoms with Crippen LogP contribution < -0.4 is 11.0 Å². The maximum absolute atomic E-state index is 12.4. The zero-order chi connectivity index (χ0) is 11.9. The van der Waals surface area contributed by atoms with Crippen molar-refractivity contribution >= 4 is 27.4 Å². The van der Waals surface area contributed by atoms with E-state index in [1.807, 2.05) is 0 Å². The summed E-state index contributed by atoms with van der Waals surface area (Å²) in [4.78, 5) is 16.1. The van der Waals surface area contributed by atoms with E-state index < -0.39 is 16.7 Å². The molecule has 0 radical (unpaired) electrons. The summed E-state index contributed by atoms with van der Waals surface area (Å²) in [5.41, 5.74) is -0.537. The Bertz CT molecular complexity index is 586. The van der Waals surface area contributed by atoms with Gasteiger partial charge in [0.1, 0.15) is 4.88 Å². The van der Waals surface area contributed by atoms with Gasteiger partial charge in [-0.2, -0.15) is 18.2 Å². The van der Waals surface area contributed by atoms with Crippen LogP contribution in [0.1, 0.15) is 4.88 Å². The summed E-state index contributed by atoms with van der Waals surface area (Å²) >= 11 is 0.544. The summed E-state index contributed by atoms with van der Waals surface area (Å²) < 4.78 is 37.6. The van der Waals surface area contributed by atoms with Crippen molar-refractivity contribution in [2.45, 2.75) is 6.18 Å². The Morgan fingerprint density at radius 1 is 1.50 bits per heavy atom. The van der Waals surface area contributed by atoms with Crippen LogP contribution in [0.25, 0.3) is 10.2 Å². The second-order valence-corrected chi connectivity index (χ2v) is 4.04. The van der Waals surface area contributed by atoms with Crippen molar-refractivity contribution in [3.63, 3.8) is 0 Å². The molecule has 0 aliphatic heterocycles. The van der Waals surface area contributed by atoms with E-state index in [0.717, 1.165) is 6.07 Å². The van der Waals surface area contributed by atoms with E-state index in [1.165, 1.54) is 7.05 Å². The molecule has 86 valence electrons. The topological polar surface area (TPSA) is 57.8 Å². The van der Waals surface area contributed by atoms with E-state index in [2.05, 4.69) is 15.3 Å². The van der Waals surface area contributed by atoms with Gasteiger partial charge < -0.3 is 10.3 Å². The molecular weight excluding hydrogens is 243 g/mol. The lowest BCUT2D eigenvalue weighted by Crippen LogP contribution is -2.11. The molecule has 2 N–H and O–H groups in total. The molecule has 2 rings (SSSR count). The molecule has 0 unspecified atom stereocenters. The lowest BCUT2D eigenvalue weighted by molar-refractivity contribution is -0.134. The normalized spacial score (nSPS) is 12.0. The predicted octanol–water partition coefficient (Wildman–Crippen LogP) is 2.05. The summed E-state index contributed by atoms with van der Waals surface area (Å²) in [5.74, 6) is 0.152. The Kier molecular flexibility index (Phi) is 2.38. The molecule has 4 nitrogen and oxygen atoms in total. The van der Waals surface area contributed by atoms with Gasteiger partial charge in [0.15, 0.2) is 5.82 Å². The molecule has 0 aromatic carbocycles. The summed E-state index contributed by atoms with van der Waals surface area (Å²) in [6.07, 6.45) is -4.41. The average molecular weight is 249 g/mol. The molecule has 16 heavy (non-hydrogen) atoms. The van der Waals surface area contributed by atoms with Gasteiger partial charge in [0, 0.05) is 7.05 Å².